The molecule has 0 aliphatic carbocycles. The van der Waals surface area contributed by atoms with Crippen LogP contribution in [0.4, 0.5) is 33.3 Å². The van der Waals surface area contributed by atoms with Crippen molar-refractivity contribution in [2.45, 2.75) is 13.3 Å². The fourth-order valence-electron chi connectivity index (χ4n) is 3.31. The lowest BCUT2D eigenvalue weighted by molar-refractivity contribution is -0.115. The summed E-state index contributed by atoms with van der Waals surface area (Å²) in [6, 6.07) is 5.16. The minimum absolute atomic E-state index is 0.370. The molecule has 1 amide bonds. The summed E-state index contributed by atoms with van der Waals surface area (Å²) < 4.78 is 67.1. The lowest BCUT2D eigenvalue weighted by atomic mass is 10.1. The second-order valence-electron chi connectivity index (χ2n) is 7.07. The lowest BCUT2D eigenvalue weighted by Crippen LogP contribution is -2.44. The highest BCUT2D eigenvalue weighted by molar-refractivity contribution is 5.92. The summed E-state index contributed by atoms with van der Waals surface area (Å²) in [5.74, 6) is -11.3. The molecule has 0 atom stereocenters. The zero-order valence-corrected chi connectivity index (χ0v) is 16.0. The second kappa shape index (κ2) is 8.36. The topological polar surface area (TPSA) is 35.6 Å². The number of piperazine rings is 1. The van der Waals surface area contributed by atoms with Gasteiger partial charge in [0, 0.05) is 43.1 Å². The normalized spacial score (nSPS) is 14.9. The van der Waals surface area contributed by atoms with Crippen molar-refractivity contribution in [3.8, 4) is 0 Å². The van der Waals surface area contributed by atoms with E-state index in [2.05, 4.69) is 15.1 Å². The Morgan fingerprint density at radius 1 is 0.931 bits per heavy atom. The molecule has 9 heteroatoms. The SMILES string of the molecule is Cc1cc(NC(=O)Cc2c(F)c(F)c(F)c(F)c2F)ccc1N1CCN(C)CC1. The van der Waals surface area contributed by atoms with E-state index in [0.717, 1.165) is 37.4 Å². The molecule has 1 heterocycles. The molecule has 0 aromatic heterocycles. The van der Waals surface area contributed by atoms with Gasteiger partial charge >= 0.3 is 0 Å². The Kier molecular flexibility index (Phi) is 6.07. The fourth-order valence-corrected chi connectivity index (χ4v) is 3.31. The molecule has 0 bridgehead atoms. The smallest absolute Gasteiger partial charge is 0.229 e. The quantitative estimate of drug-likeness (QED) is 0.473. The van der Waals surface area contributed by atoms with E-state index in [4.69, 9.17) is 0 Å². The van der Waals surface area contributed by atoms with Crippen LogP contribution < -0.4 is 10.2 Å². The summed E-state index contributed by atoms with van der Waals surface area (Å²) in [5.41, 5.74) is 1.11. The molecule has 4 nitrogen and oxygen atoms in total. The van der Waals surface area contributed by atoms with Crippen molar-refractivity contribution >= 4 is 17.3 Å². The molecule has 0 saturated carbocycles. The number of nitrogens with one attached hydrogen (secondary N) is 1. The third kappa shape index (κ3) is 4.34. The van der Waals surface area contributed by atoms with Gasteiger partial charge in [0.1, 0.15) is 0 Å². The average Bonchev–Trinajstić information content (AvgIpc) is 2.69. The molecular weight excluding hydrogens is 393 g/mol. The maximum Gasteiger partial charge on any atom is 0.229 e. The molecule has 0 unspecified atom stereocenters. The van der Waals surface area contributed by atoms with E-state index in [0.29, 0.717) is 5.69 Å². The number of anilines is 2. The molecular formula is C20H20F5N3O. The van der Waals surface area contributed by atoms with Gasteiger partial charge in [-0.3, -0.25) is 4.79 Å². The molecule has 3 rings (SSSR count). The van der Waals surface area contributed by atoms with Gasteiger partial charge in [-0.05, 0) is 37.7 Å². The van der Waals surface area contributed by atoms with E-state index in [-0.39, 0.29) is 0 Å². The van der Waals surface area contributed by atoms with E-state index >= 15 is 0 Å². The number of hydrogen-bond donors (Lipinski definition) is 1. The van der Waals surface area contributed by atoms with Crippen LogP contribution in [0.15, 0.2) is 18.2 Å². The van der Waals surface area contributed by atoms with Crippen LogP contribution in [0.2, 0.25) is 0 Å². The number of carbonyl (C=O) groups is 1. The maximum atomic E-state index is 13.7. The molecule has 29 heavy (non-hydrogen) atoms. The molecule has 1 fully saturated rings. The van der Waals surface area contributed by atoms with E-state index < -0.39 is 47.0 Å². The van der Waals surface area contributed by atoms with Crippen molar-refractivity contribution in [1.29, 1.82) is 0 Å². The first-order chi connectivity index (χ1) is 13.7. The van der Waals surface area contributed by atoms with Crippen LogP contribution in [0.25, 0.3) is 0 Å². The number of halogens is 5. The van der Waals surface area contributed by atoms with Gasteiger partial charge in [-0.2, -0.15) is 0 Å². The standard InChI is InChI=1S/C20H20F5N3O/c1-11-9-12(3-4-14(11)28-7-5-27(2)6-8-28)26-15(29)10-13-16(21)18(23)20(25)19(24)17(13)22/h3-4,9H,5-8,10H2,1-2H3,(H,26,29). The van der Waals surface area contributed by atoms with Crippen molar-refractivity contribution in [2.24, 2.45) is 0 Å². The maximum absolute atomic E-state index is 13.7. The van der Waals surface area contributed by atoms with E-state index in [9.17, 15) is 26.7 Å². The number of hydrogen-bond acceptors (Lipinski definition) is 3. The Morgan fingerprint density at radius 3 is 2.03 bits per heavy atom. The fraction of sp³-hybridized carbons (Fsp3) is 0.350. The van der Waals surface area contributed by atoms with Gasteiger partial charge in [0.05, 0.1) is 6.42 Å². The highest BCUT2D eigenvalue weighted by Gasteiger charge is 2.27. The first kappa shape index (κ1) is 21.0. The molecule has 0 spiro atoms. The summed E-state index contributed by atoms with van der Waals surface area (Å²) in [6.45, 7) is 5.46. The molecule has 2 aromatic carbocycles. The van der Waals surface area contributed by atoms with Gasteiger partial charge in [0.15, 0.2) is 23.3 Å². The van der Waals surface area contributed by atoms with Crippen molar-refractivity contribution in [2.75, 3.05) is 43.4 Å². The second-order valence-corrected chi connectivity index (χ2v) is 7.07. The molecule has 1 saturated heterocycles. The Bertz CT molecular complexity index is 913. The summed E-state index contributed by atoms with van der Waals surface area (Å²) in [4.78, 5) is 16.6. The number of benzene rings is 2. The van der Waals surface area contributed by atoms with Gasteiger partial charge in [0.2, 0.25) is 11.7 Å². The van der Waals surface area contributed by atoms with E-state index in [1.165, 1.54) is 0 Å². The Balaban J connectivity index is 1.73. The highest BCUT2D eigenvalue weighted by atomic mass is 19.2. The summed E-state index contributed by atoms with van der Waals surface area (Å²) >= 11 is 0. The predicted octanol–water partition coefficient (Wildman–Crippen LogP) is 3.62. The minimum Gasteiger partial charge on any atom is -0.369 e. The van der Waals surface area contributed by atoms with Crippen LogP contribution >= 0.6 is 0 Å². The largest absolute Gasteiger partial charge is 0.369 e. The highest BCUT2D eigenvalue weighted by Crippen LogP contribution is 2.26. The van der Waals surface area contributed by atoms with E-state index in [1.54, 1.807) is 12.1 Å². The molecule has 1 aliphatic rings. The first-order valence-corrected chi connectivity index (χ1v) is 9.03. The van der Waals surface area contributed by atoms with Gasteiger partial charge in [-0.1, -0.05) is 0 Å². The van der Waals surface area contributed by atoms with Crippen LogP contribution in [0, 0.1) is 36.0 Å². The Labute approximate surface area is 164 Å². The van der Waals surface area contributed by atoms with Gasteiger partial charge in [0.25, 0.3) is 0 Å². The van der Waals surface area contributed by atoms with Gasteiger partial charge in [-0.15, -0.1) is 0 Å². The van der Waals surface area contributed by atoms with Crippen LogP contribution in [0.5, 0.6) is 0 Å². The van der Waals surface area contributed by atoms with Gasteiger partial charge < -0.3 is 15.1 Å². The number of amides is 1. The predicted molar refractivity (Wildman–Crippen MR) is 99.5 cm³/mol. The Morgan fingerprint density at radius 2 is 1.48 bits per heavy atom. The molecule has 0 radical (unpaired) electrons. The van der Waals surface area contributed by atoms with Crippen molar-refractivity contribution in [1.82, 2.24) is 4.90 Å². The molecule has 156 valence electrons. The molecule has 2 aromatic rings. The number of rotatable bonds is 4. The number of aryl methyl sites for hydroxylation is 1. The number of nitrogens with zero attached hydrogens (tertiary/aromatic N) is 2. The third-order valence-corrected chi connectivity index (χ3v) is 4.96. The third-order valence-electron chi connectivity index (χ3n) is 4.96. The number of carbonyl (C=O) groups excluding carboxylic acids is 1. The van der Waals surface area contributed by atoms with Crippen LogP contribution in [-0.4, -0.2) is 44.0 Å². The summed E-state index contributed by atoms with van der Waals surface area (Å²) in [7, 11) is 2.05. The van der Waals surface area contributed by atoms with Crippen LogP contribution in [0.1, 0.15) is 11.1 Å². The minimum atomic E-state index is -2.25. The Hall–Kier alpha value is -2.68. The molecule has 1 aliphatic heterocycles. The first-order valence-electron chi connectivity index (χ1n) is 9.03. The zero-order chi connectivity index (χ0) is 21.3. The average molecular weight is 413 g/mol. The van der Waals surface area contributed by atoms with Crippen molar-refractivity contribution in [3.63, 3.8) is 0 Å². The number of likely N-dealkylation sites (N-methyl/N-ethyl adjacent to an activating group) is 1. The zero-order valence-electron chi connectivity index (χ0n) is 16.0. The van der Waals surface area contributed by atoms with E-state index in [1.807, 2.05) is 20.0 Å². The monoisotopic (exact) mass is 413 g/mol. The van der Waals surface area contributed by atoms with Crippen LogP contribution in [-0.2, 0) is 11.2 Å². The summed E-state index contributed by atoms with van der Waals surface area (Å²) in [6.07, 6.45) is -0.981. The summed E-state index contributed by atoms with van der Waals surface area (Å²) in [5, 5.41) is 2.44. The van der Waals surface area contributed by atoms with Crippen molar-refractivity contribution < 1.29 is 26.7 Å². The molecule has 1 N–H and O–H groups in total. The lowest BCUT2D eigenvalue weighted by Gasteiger charge is -2.35. The van der Waals surface area contributed by atoms with Gasteiger partial charge in [-0.25, -0.2) is 22.0 Å². The van der Waals surface area contributed by atoms with Crippen LogP contribution in [0.3, 0.4) is 0 Å². The van der Waals surface area contributed by atoms with Crippen molar-refractivity contribution in [3.05, 3.63) is 58.4 Å².